The van der Waals surface area contributed by atoms with Crippen LogP contribution in [0.3, 0.4) is 0 Å². The van der Waals surface area contributed by atoms with E-state index in [9.17, 15) is 4.79 Å². The molecule has 0 amide bonds. The van der Waals surface area contributed by atoms with E-state index in [2.05, 4.69) is 5.32 Å². The predicted molar refractivity (Wildman–Crippen MR) is 73.8 cm³/mol. The molecular formula is C14H19NO5. The van der Waals surface area contributed by atoms with Crippen molar-refractivity contribution < 1.29 is 23.7 Å². The molecule has 1 aromatic rings. The molecule has 0 aromatic heterocycles. The topological polar surface area (TPSA) is 66.0 Å². The molecule has 1 atom stereocenters. The molecule has 0 bridgehead atoms. The van der Waals surface area contributed by atoms with Gasteiger partial charge in [0.25, 0.3) is 0 Å². The summed E-state index contributed by atoms with van der Waals surface area (Å²) in [6.45, 7) is 0. The number of benzene rings is 1. The molecule has 1 unspecified atom stereocenters. The Hall–Kier alpha value is -2.11. The van der Waals surface area contributed by atoms with Gasteiger partial charge in [-0.2, -0.15) is 0 Å². The number of rotatable bonds is 4. The van der Waals surface area contributed by atoms with Gasteiger partial charge >= 0.3 is 5.97 Å². The van der Waals surface area contributed by atoms with Gasteiger partial charge in [0, 0.05) is 11.6 Å². The van der Waals surface area contributed by atoms with Crippen LogP contribution in [0.25, 0.3) is 0 Å². The average molecular weight is 281 g/mol. The van der Waals surface area contributed by atoms with Crippen molar-refractivity contribution >= 4 is 11.7 Å². The molecule has 2 rings (SSSR count). The van der Waals surface area contributed by atoms with Crippen molar-refractivity contribution in [3.63, 3.8) is 0 Å². The zero-order valence-electron chi connectivity index (χ0n) is 12.1. The number of ether oxygens (including phenoxy) is 4. The summed E-state index contributed by atoms with van der Waals surface area (Å²) in [6.07, 6.45) is 1.31. The Morgan fingerprint density at radius 2 is 1.85 bits per heavy atom. The molecular weight excluding hydrogens is 262 g/mol. The summed E-state index contributed by atoms with van der Waals surface area (Å²) < 4.78 is 20.9. The molecule has 110 valence electrons. The summed E-state index contributed by atoms with van der Waals surface area (Å²) in [7, 11) is 6.13. The molecule has 1 N–H and O–H groups in total. The first kappa shape index (κ1) is 14.3. The fourth-order valence-corrected chi connectivity index (χ4v) is 2.46. The summed E-state index contributed by atoms with van der Waals surface area (Å²) in [5.41, 5.74) is 1.70. The molecule has 0 saturated carbocycles. The van der Waals surface area contributed by atoms with Gasteiger partial charge < -0.3 is 24.3 Å². The lowest BCUT2D eigenvalue weighted by atomic mass is 9.96. The maximum absolute atomic E-state index is 11.7. The van der Waals surface area contributed by atoms with E-state index in [-0.39, 0.29) is 12.0 Å². The molecule has 0 spiro atoms. The molecule has 20 heavy (non-hydrogen) atoms. The summed E-state index contributed by atoms with van der Waals surface area (Å²) in [5.74, 6) is 1.61. The van der Waals surface area contributed by atoms with Gasteiger partial charge in [-0.05, 0) is 12.8 Å². The molecule has 1 aliphatic heterocycles. The van der Waals surface area contributed by atoms with E-state index in [1.165, 1.54) is 7.11 Å². The van der Waals surface area contributed by atoms with Crippen molar-refractivity contribution in [2.45, 2.75) is 18.9 Å². The van der Waals surface area contributed by atoms with Crippen LogP contribution in [0.2, 0.25) is 0 Å². The van der Waals surface area contributed by atoms with E-state index in [4.69, 9.17) is 18.9 Å². The van der Waals surface area contributed by atoms with E-state index in [1.807, 2.05) is 0 Å². The van der Waals surface area contributed by atoms with Crippen LogP contribution in [0.4, 0.5) is 5.69 Å². The lowest BCUT2D eigenvalue weighted by Gasteiger charge is -2.28. The number of carbonyl (C=O) groups is 1. The quantitative estimate of drug-likeness (QED) is 0.846. The summed E-state index contributed by atoms with van der Waals surface area (Å²) >= 11 is 0. The molecule has 0 saturated heterocycles. The van der Waals surface area contributed by atoms with Gasteiger partial charge in [0.15, 0.2) is 11.5 Å². The Morgan fingerprint density at radius 1 is 1.15 bits per heavy atom. The van der Waals surface area contributed by atoms with Gasteiger partial charge in [-0.1, -0.05) is 0 Å². The SMILES string of the molecule is COC(=O)C1CCc2c(c(OC)cc(OC)c2OC)N1. The highest BCUT2D eigenvalue weighted by Crippen LogP contribution is 2.45. The maximum atomic E-state index is 11.7. The number of hydrogen-bond acceptors (Lipinski definition) is 6. The molecule has 6 heteroatoms. The Bertz CT molecular complexity index is 515. The van der Waals surface area contributed by atoms with Gasteiger partial charge in [0.2, 0.25) is 0 Å². The largest absolute Gasteiger partial charge is 0.494 e. The van der Waals surface area contributed by atoms with Crippen LogP contribution in [0.1, 0.15) is 12.0 Å². The van der Waals surface area contributed by atoms with E-state index >= 15 is 0 Å². The van der Waals surface area contributed by atoms with Crippen molar-refractivity contribution in [1.29, 1.82) is 0 Å². The van der Waals surface area contributed by atoms with Gasteiger partial charge in [0.05, 0.1) is 34.1 Å². The van der Waals surface area contributed by atoms with Gasteiger partial charge in [-0.25, -0.2) is 4.79 Å². The standard InChI is InChI=1S/C14H19NO5/c1-17-10-7-11(18-2)13(19-3)8-5-6-9(14(16)20-4)15-12(8)10/h7,9,15H,5-6H2,1-4H3. The number of fused-ring (bicyclic) bond motifs is 1. The fraction of sp³-hybridized carbons (Fsp3) is 0.500. The first-order chi connectivity index (χ1) is 9.65. The van der Waals surface area contributed by atoms with Crippen molar-refractivity contribution in [3.05, 3.63) is 11.6 Å². The number of esters is 1. The third kappa shape index (κ3) is 2.33. The highest BCUT2D eigenvalue weighted by Gasteiger charge is 2.30. The Kier molecular flexibility index (Phi) is 4.22. The maximum Gasteiger partial charge on any atom is 0.328 e. The second kappa shape index (κ2) is 5.90. The second-order valence-electron chi connectivity index (χ2n) is 4.43. The van der Waals surface area contributed by atoms with E-state index < -0.39 is 0 Å². The van der Waals surface area contributed by atoms with Crippen LogP contribution in [0.5, 0.6) is 17.2 Å². The van der Waals surface area contributed by atoms with Crippen LogP contribution in [0, 0.1) is 0 Å². The molecule has 0 aliphatic carbocycles. The minimum absolute atomic E-state index is 0.285. The highest BCUT2D eigenvalue weighted by molar-refractivity contribution is 5.83. The molecule has 0 radical (unpaired) electrons. The average Bonchev–Trinajstić information content (AvgIpc) is 2.51. The Balaban J connectivity index is 2.47. The van der Waals surface area contributed by atoms with Crippen molar-refractivity contribution in [3.8, 4) is 17.2 Å². The van der Waals surface area contributed by atoms with Crippen molar-refractivity contribution in [2.24, 2.45) is 0 Å². The zero-order chi connectivity index (χ0) is 14.7. The van der Waals surface area contributed by atoms with E-state index in [0.717, 1.165) is 11.3 Å². The minimum Gasteiger partial charge on any atom is -0.494 e. The van der Waals surface area contributed by atoms with Crippen LogP contribution < -0.4 is 19.5 Å². The zero-order valence-corrected chi connectivity index (χ0v) is 12.1. The van der Waals surface area contributed by atoms with Crippen LogP contribution in [-0.2, 0) is 16.0 Å². The monoisotopic (exact) mass is 281 g/mol. The molecule has 1 aromatic carbocycles. The normalized spacial score (nSPS) is 16.7. The molecule has 1 aliphatic rings. The number of anilines is 1. The van der Waals surface area contributed by atoms with Gasteiger partial charge in [0.1, 0.15) is 11.8 Å². The molecule has 6 nitrogen and oxygen atoms in total. The molecule has 0 fully saturated rings. The predicted octanol–water partition coefficient (Wildman–Crippen LogP) is 1.61. The van der Waals surface area contributed by atoms with Gasteiger partial charge in [-0.3, -0.25) is 0 Å². The molecule has 1 heterocycles. The minimum atomic E-state index is -0.375. The summed E-state index contributed by atoms with van der Waals surface area (Å²) in [6, 6.07) is 1.36. The third-order valence-electron chi connectivity index (χ3n) is 3.44. The summed E-state index contributed by atoms with van der Waals surface area (Å²) in [4.78, 5) is 11.7. The van der Waals surface area contributed by atoms with Crippen molar-refractivity contribution in [1.82, 2.24) is 0 Å². The number of nitrogens with one attached hydrogen (secondary N) is 1. The Labute approximate surface area is 118 Å². The van der Waals surface area contributed by atoms with Crippen LogP contribution >= 0.6 is 0 Å². The third-order valence-corrected chi connectivity index (χ3v) is 3.44. The smallest absolute Gasteiger partial charge is 0.328 e. The first-order valence-corrected chi connectivity index (χ1v) is 6.32. The lowest BCUT2D eigenvalue weighted by Crippen LogP contribution is -2.34. The van der Waals surface area contributed by atoms with Crippen molar-refractivity contribution in [2.75, 3.05) is 33.8 Å². The van der Waals surface area contributed by atoms with Crippen LogP contribution in [0.15, 0.2) is 6.07 Å². The fourth-order valence-electron chi connectivity index (χ4n) is 2.46. The summed E-state index contributed by atoms with van der Waals surface area (Å²) in [5, 5.41) is 3.16. The highest BCUT2D eigenvalue weighted by atomic mass is 16.5. The van der Waals surface area contributed by atoms with Gasteiger partial charge in [-0.15, -0.1) is 0 Å². The first-order valence-electron chi connectivity index (χ1n) is 6.32. The number of methoxy groups -OCH3 is 4. The number of carbonyl (C=O) groups excluding carboxylic acids is 1. The Morgan fingerprint density at radius 3 is 2.40 bits per heavy atom. The lowest BCUT2D eigenvalue weighted by molar-refractivity contribution is -0.141. The second-order valence-corrected chi connectivity index (χ2v) is 4.43. The van der Waals surface area contributed by atoms with E-state index in [1.54, 1.807) is 27.4 Å². The van der Waals surface area contributed by atoms with E-state index in [0.29, 0.717) is 30.1 Å². The number of hydrogen-bond donors (Lipinski definition) is 1. The van der Waals surface area contributed by atoms with Crippen LogP contribution in [-0.4, -0.2) is 40.5 Å².